The summed E-state index contributed by atoms with van der Waals surface area (Å²) in [6.07, 6.45) is -0.178. The molecule has 2 atom stereocenters. The normalized spacial score (nSPS) is 21.0. The molecule has 0 aromatic heterocycles. The average molecular weight is 249 g/mol. The van der Waals surface area contributed by atoms with Crippen molar-refractivity contribution in [1.82, 2.24) is 4.90 Å². The van der Waals surface area contributed by atoms with Gasteiger partial charge in [-0.15, -0.1) is 0 Å². The Hall–Kier alpha value is -1.39. The van der Waals surface area contributed by atoms with Crippen LogP contribution in [0.2, 0.25) is 0 Å². The molecule has 0 aliphatic carbocycles. The molecule has 1 saturated heterocycles. The number of hydrogen-bond donors (Lipinski definition) is 1. The van der Waals surface area contributed by atoms with E-state index in [1.165, 1.54) is 0 Å². The summed E-state index contributed by atoms with van der Waals surface area (Å²) in [7, 11) is 0. The first-order valence-corrected chi connectivity index (χ1v) is 6.29. The Morgan fingerprint density at radius 1 is 1.50 bits per heavy atom. The van der Waals surface area contributed by atoms with Crippen molar-refractivity contribution in [2.24, 2.45) is 0 Å². The molecular formula is C14H19NO3. The first-order valence-electron chi connectivity index (χ1n) is 6.29. The Balaban J connectivity index is 1.81. The van der Waals surface area contributed by atoms with Gasteiger partial charge in [0.1, 0.15) is 6.10 Å². The van der Waals surface area contributed by atoms with Gasteiger partial charge in [-0.3, -0.25) is 4.79 Å². The molecule has 4 nitrogen and oxygen atoms in total. The number of rotatable bonds is 4. The molecule has 1 aromatic rings. The Bertz CT molecular complexity index is 393. The van der Waals surface area contributed by atoms with Crippen LogP contribution in [0.1, 0.15) is 18.9 Å². The van der Waals surface area contributed by atoms with Gasteiger partial charge in [0, 0.05) is 13.1 Å². The van der Waals surface area contributed by atoms with E-state index in [1.54, 1.807) is 11.8 Å². The fourth-order valence-corrected chi connectivity index (χ4v) is 2.07. The van der Waals surface area contributed by atoms with E-state index in [9.17, 15) is 9.90 Å². The number of likely N-dealkylation sites (tertiary alicyclic amines) is 1. The molecule has 1 aliphatic rings. The highest BCUT2D eigenvalue weighted by Crippen LogP contribution is 2.12. The highest BCUT2D eigenvalue weighted by atomic mass is 16.5. The van der Waals surface area contributed by atoms with E-state index >= 15 is 0 Å². The van der Waals surface area contributed by atoms with Gasteiger partial charge in [0.15, 0.2) is 0 Å². The van der Waals surface area contributed by atoms with E-state index in [0.29, 0.717) is 26.1 Å². The molecule has 98 valence electrons. The van der Waals surface area contributed by atoms with E-state index < -0.39 is 6.10 Å². The average Bonchev–Trinajstić information content (AvgIpc) is 2.83. The molecule has 0 bridgehead atoms. The van der Waals surface area contributed by atoms with Crippen LogP contribution in [0.3, 0.4) is 0 Å². The van der Waals surface area contributed by atoms with Crippen LogP contribution in [0, 0.1) is 0 Å². The van der Waals surface area contributed by atoms with E-state index in [0.717, 1.165) is 5.56 Å². The maximum Gasteiger partial charge on any atom is 0.251 e. The molecule has 1 amide bonds. The second kappa shape index (κ2) is 5.98. The lowest BCUT2D eigenvalue weighted by molar-refractivity contribution is -0.142. The van der Waals surface area contributed by atoms with Crippen LogP contribution in [-0.4, -0.2) is 41.2 Å². The van der Waals surface area contributed by atoms with Crippen LogP contribution in [0.4, 0.5) is 0 Å². The monoisotopic (exact) mass is 249 g/mol. The van der Waals surface area contributed by atoms with Crippen LogP contribution in [0.25, 0.3) is 0 Å². The molecule has 1 N–H and O–H groups in total. The van der Waals surface area contributed by atoms with Crippen molar-refractivity contribution in [1.29, 1.82) is 0 Å². The SMILES string of the molecule is CC(OCc1ccccc1)C(=O)N1CC[C@@H](O)C1. The molecule has 0 saturated carbocycles. The number of nitrogens with zero attached hydrogens (tertiary/aromatic N) is 1. The van der Waals surface area contributed by atoms with Crippen molar-refractivity contribution in [3.8, 4) is 0 Å². The molecule has 0 spiro atoms. The van der Waals surface area contributed by atoms with Gasteiger partial charge in [0.25, 0.3) is 5.91 Å². The van der Waals surface area contributed by atoms with Crippen LogP contribution in [0.5, 0.6) is 0 Å². The molecule has 18 heavy (non-hydrogen) atoms. The minimum absolute atomic E-state index is 0.0394. The number of ether oxygens (including phenoxy) is 1. The third-order valence-corrected chi connectivity index (χ3v) is 3.17. The van der Waals surface area contributed by atoms with Gasteiger partial charge in [0.05, 0.1) is 12.7 Å². The molecule has 0 radical (unpaired) electrons. The number of hydrogen-bond acceptors (Lipinski definition) is 3. The van der Waals surface area contributed by atoms with Crippen LogP contribution < -0.4 is 0 Å². The van der Waals surface area contributed by atoms with Crippen LogP contribution >= 0.6 is 0 Å². The lowest BCUT2D eigenvalue weighted by atomic mass is 10.2. The molecule has 2 rings (SSSR count). The van der Waals surface area contributed by atoms with Crippen molar-refractivity contribution >= 4 is 5.91 Å². The minimum atomic E-state index is -0.462. The number of β-amino-alcohol motifs (C(OH)–C–C–N with tert-alkyl or cyclic N) is 1. The second-order valence-electron chi connectivity index (χ2n) is 4.67. The zero-order valence-corrected chi connectivity index (χ0v) is 10.6. The topological polar surface area (TPSA) is 49.8 Å². The quantitative estimate of drug-likeness (QED) is 0.872. The standard InChI is InChI=1S/C14H19NO3/c1-11(14(17)15-8-7-13(16)9-15)18-10-12-5-3-2-4-6-12/h2-6,11,13,16H,7-10H2,1H3/t11?,13-/m1/s1. The molecule has 1 unspecified atom stereocenters. The van der Waals surface area contributed by atoms with Gasteiger partial charge >= 0.3 is 0 Å². The summed E-state index contributed by atoms with van der Waals surface area (Å²) < 4.78 is 5.56. The number of carbonyl (C=O) groups is 1. The number of amides is 1. The first kappa shape index (κ1) is 13.1. The van der Waals surface area contributed by atoms with Crippen LogP contribution in [-0.2, 0) is 16.1 Å². The second-order valence-corrected chi connectivity index (χ2v) is 4.67. The fourth-order valence-electron chi connectivity index (χ4n) is 2.07. The van der Waals surface area contributed by atoms with E-state index in [2.05, 4.69) is 0 Å². The Labute approximate surface area is 107 Å². The van der Waals surface area contributed by atoms with Gasteiger partial charge in [0.2, 0.25) is 0 Å². The maximum absolute atomic E-state index is 12.0. The Morgan fingerprint density at radius 2 is 2.22 bits per heavy atom. The van der Waals surface area contributed by atoms with Gasteiger partial charge in [-0.25, -0.2) is 0 Å². The highest BCUT2D eigenvalue weighted by Gasteiger charge is 2.28. The van der Waals surface area contributed by atoms with E-state index in [4.69, 9.17) is 4.74 Å². The third-order valence-electron chi connectivity index (χ3n) is 3.17. The Kier molecular flexibility index (Phi) is 4.33. The number of benzene rings is 1. The Morgan fingerprint density at radius 3 is 2.83 bits per heavy atom. The highest BCUT2D eigenvalue weighted by molar-refractivity contribution is 5.80. The largest absolute Gasteiger partial charge is 0.391 e. The van der Waals surface area contributed by atoms with Crippen LogP contribution in [0.15, 0.2) is 30.3 Å². The summed E-state index contributed by atoms with van der Waals surface area (Å²) in [5.74, 6) is -0.0394. The molecule has 1 aromatic carbocycles. The molecule has 1 aliphatic heterocycles. The lowest BCUT2D eigenvalue weighted by Gasteiger charge is -2.20. The lowest BCUT2D eigenvalue weighted by Crippen LogP contribution is -2.38. The molecule has 1 fully saturated rings. The smallest absolute Gasteiger partial charge is 0.251 e. The summed E-state index contributed by atoms with van der Waals surface area (Å²) in [4.78, 5) is 13.7. The van der Waals surface area contributed by atoms with Gasteiger partial charge in [-0.1, -0.05) is 30.3 Å². The fraction of sp³-hybridized carbons (Fsp3) is 0.500. The zero-order chi connectivity index (χ0) is 13.0. The number of carbonyl (C=O) groups excluding carboxylic acids is 1. The predicted octanol–water partition coefficient (Wildman–Crippen LogP) is 1.18. The van der Waals surface area contributed by atoms with Crippen molar-refractivity contribution in [2.45, 2.75) is 32.2 Å². The van der Waals surface area contributed by atoms with Crippen molar-refractivity contribution in [3.63, 3.8) is 0 Å². The van der Waals surface area contributed by atoms with E-state index in [1.807, 2.05) is 30.3 Å². The molecule has 1 heterocycles. The molecule has 4 heteroatoms. The molecular weight excluding hydrogens is 230 g/mol. The summed E-state index contributed by atoms with van der Waals surface area (Å²) in [5.41, 5.74) is 1.05. The van der Waals surface area contributed by atoms with Crippen molar-refractivity contribution in [3.05, 3.63) is 35.9 Å². The van der Waals surface area contributed by atoms with Crippen molar-refractivity contribution < 1.29 is 14.6 Å². The maximum atomic E-state index is 12.0. The summed E-state index contributed by atoms with van der Waals surface area (Å²) in [5, 5.41) is 9.40. The van der Waals surface area contributed by atoms with Gasteiger partial charge < -0.3 is 14.7 Å². The van der Waals surface area contributed by atoms with Gasteiger partial charge in [-0.2, -0.15) is 0 Å². The third kappa shape index (κ3) is 3.31. The number of aliphatic hydroxyl groups is 1. The van der Waals surface area contributed by atoms with E-state index in [-0.39, 0.29) is 12.0 Å². The van der Waals surface area contributed by atoms with Gasteiger partial charge in [-0.05, 0) is 18.9 Å². The summed E-state index contributed by atoms with van der Waals surface area (Å²) in [6, 6.07) is 9.78. The summed E-state index contributed by atoms with van der Waals surface area (Å²) >= 11 is 0. The minimum Gasteiger partial charge on any atom is -0.391 e. The zero-order valence-electron chi connectivity index (χ0n) is 10.6. The number of aliphatic hydroxyl groups excluding tert-OH is 1. The first-order chi connectivity index (χ1) is 8.66. The van der Waals surface area contributed by atoms with Crippen molar-refractivity contribution in [2.75, 3.05) is 13.1 Å². The predicted molar refractivity (Wildman–Crippen MR) is 67.9 cm³/mol. The summed E-state index contributed by atoms with van der Waals surface area (Å²) in [6.45, 7) is 3.25.